The van der Waals surface area contributed by atoms with Gasteiger partial charge < -0.3 is 10.6 Å². The van der Waals surface area contributed by atoms with Crippen LogP contribution >= 0.6 is 11.8 Å². The molecule has 2 rings (SSSR count). The van der Waals surface area contributed by atoms with E-state index >= 15 is 0 Å². The lowest BCUT2D eigenvalue weighted by molar-refractivity contribution is -0.121. The van der Waals surface area contributed by atoms with Crippen molar-refractivity contribution in [2.75, 3.05) is 25.4 Å². The average molecular weight is 292 g/mol. The molecule has 1 fully saturated rings. The number of hydrogen-bond donors (Lipinski definition) is 2. The Labute approximate surface area is 125 Å². The minimum atomic E-state index is 0.206. The van der Waals surface area contributed by atoms with Crippen LogP contribution in [0.2, 0.25) is 0 Å². The number of hydrogen-bond acceptors (Lipinski definition) is 3. The highest BCUT2D eigenvalue weighted by Gasteiger charge is 2.14. The van der Waals surface area contributed by atoms with Crippen LogP contribution in [0.4, 0.5) is 0 Å². The van der Waals surface area contributed by atoms with E-state index in [-0.39, 0.29) is 5.91 Å². The Kier molecular flexibility index (Phi) is 6.95. The first kappa shape index (κ1) is 15.4. The van der Waals surface area contributed by atoms with Crippen LogP contribution in [0, 0.1) is 5.92 Å². The van der Waals surface area contributed by atoms with Crippen LogP contribution < -0.4 is 10.6 Å². The summed E-state index contributed by atoms with van der Waals surface area (Å²) in [7, 11) is 0. The molecule has 0 aromatic heterocycles. The van der Waals surface area contributed by atoms with Gasteiger partial charge in [-0.2, -0.15) is 0 Å². The number of piperidine rings is 1. The van der Waals surface area contributed by atoms with E-state index in [0.29, 0.717) is 6.42 Å². The summed E-state index contributed by atoms with van der Waals surface area (Å²) in [6.07, 6.45) is 4.16. The summed E-state index contributed by atoms with van der Waals surface area (Å²) in [6.45, 7) is 2.98. The minimum absolute atomic E-state index is 0.206. The fourth-order valence-corrected chi connectivity index (χ4v) is 3.26. The van der Waals surface area contributed by atoms with Crippen molar-refractivity contribution >= 4 is 17.7 Å². The third-order valence-electron chi connectivity index (χ3n) is 3.67. The third kappa shape index (κ3) is 5.97. The molecule has 1 amide bonds. The first-order valence-electron chi connectivity index (χ1n) is 7.50. The molecule has 4 heteroatoms. The van der Waals surface area contributed by atoms with Gasteiger partial charge in [-0.05, 0) is 50.4 Å². The highest BCUT2D eigenvalue weighted by molar-refractivity contribution is 7.99. The predicted molar refractivity (Wildman–Crippen MR) is 85.0 cm³/mol. The molecular weight excluding hydrogens is 268 g/mol. The second kappa shape index (κ2) is 9.03. The molecule has 1 aliphatic heterocycles. The van der Waals surface area contributed by atoms with Gasteiger partial charge in [-0.3, -0.25) is 4.79 Å². The van der Waals surface area contributed by atoms with E-state index in [0.717, 1.165) is 37.7 Å². The molecule has 110 valence electrons. The Morgan fingerprint density at radius 3 is 2.75 bits per heavy atom. The molecule has 1 heterocycles. The lowest BCUT2D eigenvalue weighted by Crippen LogP contribution is -2.30. The molecule has 2 N–H and O–H groups in total. The molecule has 0 spiro atoms. The zero-order valence-corrected chi connectivity index (χ0v) is 12.8. The third-order valence-corrected chi connectivity index (χ3v) is 4.69. The molecule has 0 bridgehead atoms. The summed E-state index contributed by atoms with van der Waals surface area (Å²) in [5, 5.41) is 6.37. The van der Waals surface area contributed by atoms with Crippen molar-refractivity contribution < 1.29 is 4.79 Å². The van der Waals surface area contributed by atoms with Crippen LogP contribution in [-0.4, -0.2) is 31.3 Å². The molecule has 1 aromatic rings. The highest BCUT2D eigenvalue weighted by atomic mass is 32.2. The number of benzene rings is 1. The standard InChI is InChI=1S/C16H24N2OS/c19-16(7-6-14-8-10-17-11-9-14)18-12-13-20-15-4-2-1-3-5-15/h1-5,14,17H,6-13H2,(H,18,19). The lowest BCUT2D eigenvalue weighted by Gasteiger charge is -2.22. The summed E-state index contributed by atoms with van der Waals surface area (Å²) >= 11 is 1.79. The van der Waals surface area contributed by atoms with Crippen LogP contribution in [0.25, 0.3) is 0 Å². The van der Waals surface area contributed by atoms with E-state index in [9.17, 15) is 4.79 Å². The van der Waals surface area contributed by atoms with Crippen LogP contribution in [0.3, 0.4) is 0 Å². The molecule has 0 atom stereocenters. The topological polar surface area (TPSA) is 41.1 Å². The molecule has 1 aromatic carbocycles. The summed E-state index contributed by atoms with van der Waals surface area (Å²) < 4.78 is 0. The second-order valence-corrected chi connectivity index (χ2v) is 6.41. The first-order valence-corrected chi connectivity index (χ1v) is 8.48. The van der Waals surface area contributed by atoms with Crippen molar-refractivity contribution in [3.8, 4) is 0 Å². The van der Waals surface area contributed by atoms with Crippen molar-refractivity contribution in [2.45, 2.75) is 30.6 Å². The summed E-state index contributed by atoms with van der Waals surface area (Å²) in [5.74, 6) is 1.88. The maximum absolute atomic E-state index is 11.8. The van der Waals surface area contributed by atoms with Crippen molar-refractivity contribution in [1.29, 1.82) is 0 Å². The number of rotatable bonds is 7. The Morgan fingerprint density at radius 1 is 1.25 bits per heavy atom. The van der Waals surface area contributed by atoms with Gasteiger partial charge in [-0.15, -0.1) is 11.8 Å². The smallest absolute Gasteiger partial charge is 0.220 e. The zero-order chi connectivity index (χ0) is 14.0. The number of carbonyl (C=O) groups is 1. The second-order valence-electron chi connectivity index (χ2n) is 5.24. The van der Waals surface area contributed by atoms with Gasteiger partial charge in [0.15, 0.2) is 0 Å². The van der Waals surface area contributed by atoms with Gasteiger partial charge in [0.25, 0.3) is 0 Å². The summed E-state index contributed by atoms with van der Waals surface area (Å²) in [5.41, 5.74) is 0. The molecule has 3 nitrogen and oxygen atoms in total. The predicted octanol–water partition coefficient (Wildman–Crippen LogP) is 2.67. The first-order chi connectivity index (χ1) is 9.84. The van der Waals surface area contributed by atoms with E-state index < -0.39 is 0 Å². The summed E-state index contributed by atoms with van der Waals surface area (Å²) in [4.78, 5) is 13.0. The van der Waals surface area contributed by atoms with Crippen LogP contribution in [0.5, 0.6) is 0 Å². The van der Waals surface area contributed by atoms with E-state index in [4.69, 9.17) is 0 Å². The quantitative estimate of drug-likeness (QED) is 0.600. The Hall–Kier alpha value is -1.00. The number of nitrogens with one attached hydrogen (secondary N) is 2. The fraction of sp³-hybridized carbons (Fsp3) is 0.562. The molecule has 1 aliphatic rings. The Balaban J connectivity index is 1.51. The van der Waals surface area contributed by atoms with Gasteiger partial charge >= 0.3 is 0 Å². The largest absolute Gasteiger partial charge is 0.355 e. The number of carbonyl (C=O) groups excluding carboxylic acids is 1. The summed E-state index contributed by atoms with van der Waals surface area (Å²) in [6, 6.07) is 10.3. The number of thioether (sulfide) groups is 1. The molecule has 0 radical (unpaired) electrons. The van der Waals surface area contributed by atoms with Crippen LogP contribution in [0.1, 0.15) is 25.7 Å². The number of amides is 1. The SMILES string of the molecule is O=C(CCC1CCNCC1)NCCSc1ccccc1. The van der Waals surface area contributed by atoms with E-state index in [1.54, 1.807) is 11.8 Å². The average Bonchev–Trinajstić information content (AvgIpc) is 2.52. The monoisotopic (exact) mass is 292 g/mol. The van der Waals surface area contributed by atoms with Crippen molar-refractivity contribution in [3.05, 3.63) is 30.3 Å². The maximum Gasteiger partial charge on any atom is 0.220 e. The van der Waals surface area contributed by atoms with E-state index in [1.165, 1.54) is 17.7 Å². The van der Waals surface area contributed by atoms with Crippen LogP contribution in [0.15, 0.2) is 35.2 Å². The fourth-order valence-electron chi connectivity index (χ4n) is 2.47. The van der Waals surface area contributed by atoms with Gasteiger partial charge in [-0.1, -0.05) is 18.2 Å². The van der Waals surface area contributed by atoms with Crippen molar-refractivity contribution in [2.24, 2.45) is 5.92 Å². The normalized spacial score (nSPS) is 16.0. The molecule has 0 saturated carbocycles. The van der Waals surface area contributed by atoms with Gasteiger partial charge in [0.1, 0.15) is 0 Å². The van der Waals surface area contributed by atoms with E-state index in [2.05, 4.69) is 22.8 Å². The van der Waals surface area contributed by atoms with Crippen molar-refractivity contribution in [3.63, 3.8) is 0 Å². The zero-order valence-electron chi connectivity index (χ0n) is 11.9. The van der Waals surface area contributed by atoms with Crippen molar-refractivity contribution in [1.82, 2.24) is 10.6 Å². The highest BCUT2D eigenvalue weighted by Crippen LogP contribution is 2.18. The van der Waals surface area contributed by atoms with Gasteiger partial charge in [0.2, 0.25) is 5.91 Å². The van der Waals surface area contributed by atoms with Gasteiger partial charge in [0, 0.05) is 23.6 Å². The minimum Gasteiger partial charge on any atom is -0.355 e. The molecule has 1 saturated heterocycles. The molecule has 0 unspecified atom stereocenters. The lowest BCUT2D eigenvalue weighted by atomic mass is 9.93. The maximum atomic E-state index is 11.8. The molecular formula is C16H24N2OS. The Bertz CT molecular complexity index is 391. The molecule has 0 aliphatic carbocycles. The molecule has 20 heavy (non-hydrogen) atoms. The van der Waals surface area contributed by atoms with Gasteiger partial charge in [-0.25, -0.2) is 0 Å². The Morgan fingerprint density at radius 2 is 2.00 bits per heavy atom. The van der Waals surface area contributed by atoms with Gasteiger partial charge in [0.05, 0.1) is 0 Å². The van der Waals surface area contributed by atoms with E-state index in [1.807, 2.05) is 18.2 Å². The van der Waals surface area contributed by atoms with Crippen LogP contribution in [-0.2, 0) is 4.79 Å².